The predicted octanol–water partition coefficient (Wildman–Crippen LogP) is 1.68. The van der Waals surface area contributed by atoms with E-state index in [-0.39, 0.29) is 36.2 Å². The van der Waals surface area contributed by atoms with Crippen LogP contribution in [0.5, 0.6) is 0 Å². The first-order valence-corrected chi connectivity index (χ1v) is 7.34. The van der Waals surface area contributed by atoms with Crippen LogP contribution in [0, 0.1) is 16.7 Å². The zero-order valence-electron chi connectivity index (χ0n) is 12.5. The molecule has 3 saturated heterocycles. The highest BCUT2D eigenvalue weighted by Gasteiger charge is 2.69. The first kappa shape index (κ1) is 13.9. The number of carbonyl (C=O) groups is 2. The Labute approximate surface area is 118 Å². The molecule has 0 aromatic rings. The van der Waals surface area contributed by atoms with Crippen LogP contribution in [0.3, 0.4) is 0 Å². The molecular formula is C15H22O5. The molecule has 112 valence electrons. The molecule has 0 spiro atoms. The minimum absolute atomic E-state index is 0.0105. The summed E-state index contributed by atoms with van der Waals surface area (Å²) in [4.78, 5) is 24.1. The van der Waals surface area contributed by atoms with Crippen LogP contribution < -0.4 is 0 Å². The number of hydrogen-bond donors (Lipinski definition) is 0. The maximum atomic E-state index is 12.2. The van der Waals surface area contributed by atoms with E-state index in [1.54, 1.807) is 0 Å². The summed E-state index contributed by atoms with van der Waals surface area (Å²) in [5.41, 5.74) is -1.03. The molecule has 5 heteroatoms. The molecule has 5 atom stereocenters. The number of hydrogen-bond acceptors (Lipinski definition) is 5. The maximum Gasteiger partial charge on any atom is 0.314 e. The molecule has 0 aliphatic carbocycles. The summed E-state index contributed by atoms with van der Waals surface area (Å²) >= 11 is 0. The lowest BCUT2D eigenvalue weighted by molar-refractivity contribution is -0.163. The van der Waals surface area contributed by atoms with Crippen molar-refractivity contribution in [2.24, 2.45) is 16.7 Å². The zero-order chi connectivity index (χ0) is 14.7. The van der Waals surface area contributed by atoms with Crippen LogP contribution in [0.25, 0.3) is 0 Å². The molecule has 0 aromatic heterocycles. The van der Waals surface area contributed by atoms with Gasteiger partial charge >= 0.3 is 11.9 Å². The van der Waals surface area contributed by atoms with E-state index in [0.717, 1.165) is 6.42 Å². The number of cyclic esters (lactones) is 1. The summed E-state index contributed by atoms with van der Waals surface area (Å²) in [6.45, 7) is 8.03. The number of esters is 2. The van der Waals surface area contributed by atoms with Crippen LogP contribution in [0.4, 0.5) is 0 Å². The summed E-state index contributed by atoms with van der Waals surface area (Å²) in [5, 5.41) is 0. The Morgan fingerprint density at radius 1 is 1.50 bits per heavy atom. The van der Waals surface area contributed by atoms with Crippen molar-refractivity contribution in [1.29, 1.82) is 0 Å². The van der Waals surface area contributed by atoms with Crippen LogP contribution in [0.1, 0.15) is 40.5 Å². The van der Waals surface area contributed by atoms with Gasteiger partial charge < -0.3 is 14.2 Å². The van der Waals surface area contributed by atoms with Gasteiger partial charge in [-0.2, -0.15) is 0 Å². The van der Waals surface area contributed by atoms with Gasteiger partial charge in [0.2, 0.25) is 0 Å². The van der Waals surface area contributed by atoms with E-state index in [2.05, 4.69) is 0 Å². The molecule has 0 saturated carbocycles. The van der Waals surface area contributed by atoms with E-state index in [4.69, 9.17) is 14.2 Å². The fourth-order valence-corrected chi connectivity index (χ4v) is 3.43. The number of carbonyl (C=O) groups excluding carboxylic acids is 2. The van der Waals surface area contributed by atoms with Crippen LogP contribution >= 0.6 is 0 Å². The third kappa shape index (κ3) is 1.65. The van der Waals surface area contributed by atoms with Gasteiger partial charge in [0.15, 0.2) is 0 Å². The highest BCUT2D eigenvalue weighted by Crippen LogP contribution is 2.56. The van der Waals surface area contributed by atoms with Crippen molar-refractivity contribution in [3.8, 4) is 0 Å². The minimum atomic E-state index is -0.548. The van der Waals surface area contributed by atoms with E-state index < -0.39 is 10.8 Å². The van der Waals surface area contributed by atoms with E-state index >= 15 is 0 Å². The molecule has 3 aliphatic heterocycles. The molecule has 0 N–H and O–H groups in total. The fraction of sp³-hybridized carbons (Fsp3) is 0.867. The zero-order valence-corrected chi connectivity index (χ0v) is 12.5. The standard InChI is InChI=1S/C15H22O5/c1-5-14(2,3)12(16)19-9-6-10-15(4)8(11(9)20-10)7-18-13(15)17/h8-11H,5-7H2,1-4H3. The van der Waals surface area contributed by atoms with E-state index in [1.807, 2.05) is 27.7 Å². The van der Waals surface area contributed by atoms with Gasteiger partial charge in [-0.1, -0.05) is 6.92 Å². The lowest BCUT2D eigenvalue weighted by atomic mass is 9.68. The lowest BCUT2D eigenvalue weighted by Gasteiger charge is -2.33. The molecule has 5 unspecified atom stereocenters. The lowest BCUT2D eigenvalue weighted by Crippen LogP contribution is -2.46. The topological polar surface area (TPSA) is 61.8 Å². The molecule has 20 heavy (non-hydrogen) atoms. The van der Waals surface area contributed by atoms with Crippen LogP contribution in [-0.2, 0) is 23.8 Å². The van der Waals surface area contributed by atoms with Crippen LogP contribution in [0.2, 0.25) is 0 Å². The largest absolute Gasteiger partial charge is 0.465 e. The minimum Gasteiger partial charge on any atom is -0.465 e. The van der Waals surface area contributed by atoms with Gasteiger partial charge in [-0.3, -0.25) is 9.59 Å². The molecule has 2 bridgehead atoms. The number of fused-ring (bicyclic) bond motifs is 5. The normalized spacial score (nSPS) is 42.5. The third-order valence-corrected chi connectivity index (χ3v) is 5.50. The Morgan fingerprint density at radius 3 is 2.85 bits per heavy atom. The molecule has 3 fully saturated rings. The Balaban J connectivity index is 1.73. The molecule has 3 aliphatic rings. The van der Waals surface area contributed by atoms with Gasteiger partial charge in [0, 0.05) is 12.3 Å². The van der Waals surface area contributed by atoms with Crippen molar-refractivity contribution in [2.75, 3.05) is 6.61 Å². The Bertz CT molecular complexity index is 457. The molecule has 0 amide bonds. The summed E-state index contributed by atoms with van der Waals surface area (Å²) in [5.74, 6) is -0.349. The first-order chi connectivity index (χ1) is 9.30. The summed E-state index contributed by atoms with van der Waals surface area (Å²) in [7, 11) is 0. The van der Waals surface area contributed by atoms with Crippen molar-refractivity contribution >= 4 is 11.9 Å². The molecule has 5 nitrogen and oxygen atoms in total. The first-order valence-electron chi connectivity index (χ1n) is 7.34. The van der Waals surface area contributed by atoms with Gasteiger partial charge in [0.1, 0.15) is 17.6 Å². The summed E-state index contributed by atoms with van der Waals surface area (Å²) in [6, 6.07) is 0. The molecule has 3 heterocycles. The monoisotopic (exact) mass is 282 g/mol. The SMILES string of the molecule is CCC(C)(C)C(=O)OC1CC2OC1C1COC(=O)C21C. The second-order valence-corrected chi connectivity index (χ2v) is 6.99. The van der Waals surface area contributed by atoms with Gasteiger partial charge in [0.05, 0.1) is 18.1 Å². The van der Waals surface area contributed by atoms with Crippen LogP contribution in [0.15, 0.2) is 0 Å². The molecule has 0 radical (unpaired) electrons. The quantitative estimate of drug-likeness (QED) is 0.737. The smallest absolute Gasteiger partial charge is 0.314 e. The Kier molecular flexibility index (Phi) is 2.91. The van der Waals surface area contributed by atoms with Gasteiger partial charge in [-0.15, -0.1) is 0 Å². The third-order valence-electron chi connectivity index (χ3n) is 5.50. The molecule has 3 rings (SSSR count). The Morgan fingerprint density at radius 2 is 2.20 bits per heavy atom. The van der Waals surface area contributed by atoms with Crippen molar-refractivity contribution in [3.63, 3.8) is 0 Å². The number of rotatable bonds is 3. The average Bonchev–Trinajstić information content (AvgIpc) is 3.01. The average molecular weight is 282 g/mol. The van der Waals surface area contributed by atoms with Gasteiger partial charge in [-0.25, -0.2) is 0 Å². The predicted molar refractivity (Wildman–Crippen MR) is 69.8 cm³/mol. The fourth-order valence-electron chi connectivity index (χ4n) is 3.43. The molecular weight excluding hydrogens is 260 g/mol. The van der Waals surface area contributed by atoms with Crippen molar-refractivity contribution in [3.05, 3.63) is 0 Å². The van der Waals surface area contributed by atoms with Gasteiger partial charge in [0.25, 0.3) is 0 Å². The summed E-state index contributed by atoms with van der Waals surface area (Å²) in [6.07, 6.45) is 0.697. The van der Waals surface area contributed by atoms with Crippen molar-refractivity contribution in [2.45, 2.75) is 58.8 Å². The van der Waals surface area contributed by atoms with E-state index in [1.165, 1.54) is 0 Å². The van der Waals surface area contributed by atoms with Crippen LogP contribution in [-0.4, -0.2) is 36.9 Å². The second-order valence-electron chi connectivity index (χ2n) is 6.99. The van der Waals surface area contributed by atoms with Crippen molar-refractivity contribution < 1.29 is 23.8 Å². The summed E-state index contributed by atoms with van der Waals surface area (Å²) < 4.78 is 16.7. The number of ether oxygens (including phenoxy) is 3. The second kappa shape index (κ2) is 4.20. The molecule has 0 aromatic carbocycles. The highest BCUT2D eigenvalue weighted by molar-refractivity contribution is 5.81. The Hall–Kier alpha value is -1.10. The highest BCUT2D eigenvalue weighted by atomic mass is 16.6. The van der Waals surface area contributed by atoms with E-state index in [9.17, 15) is 9.59 Å². The van der Waals surface area contributed by atoms with Gasteiger partial charge in [-0.05, 0) is 27.2 Å². The maximum absolute atomic E-state index is 12.2. The van der Waals surface area contributed by atoms with E-state index in [0.29, 0.717) is 13.0 Å². The van der Waals surface area contributed by atoms with Crippen molar-refractivity contribution in [1.82, 2.24) is 0 Å².